The van der Waals surface area contributed by atoms with Gasteiger partial charge in [0, 0.05) is 17.1 Å². The first kappa shape index (κ1) is 21.5. The Morgan fingerprint density at radius 2 is 1.79 bits per heavy atom. The highest BCUT2D eigenvalue weighted by molar-refractivity contribution is 5.98. The highest BCUT2D eigenvalue weighted by Gasteiger charge is 2.31. The highest BCUT2D eigenvalue weighted by Crippen LogP contribution is 2.24. The predicted octanol–water partition coefficient (Wildman–Crippen LogP) is 4.47. The van der Waals surface area contributed by atoms with Crippen molar-refractivity contribution in [3.63, 3.8) is 0 Å². The van der Waals surface area contributed by atoms with Gasteiger partial charge in [-0.3, -0.25) is 4.79 Å². The number of rotatable bonds is 5. The van der Waals surface area contributed by atoms with Crippen LogP contribution in [0.3, 0.4) is 0 Å². The lowest BCUT2D eigenvalue weighted by Crippen LogP contribution is -2.30. The number of hydrogen-bond acceptors (Lipinski definition) is 3. The molecule has 0 saturated heterocycles. The smallest absolute Gasteiger partial charge is 0.406 e. The summed E-state index contributed by atoms with van der Waals surface area (Å²) in [6, 6.07) is 6.90. The molecule has 1 atom stereocenters. The summed E-state index contributed by atoms with van der Waals surface area (Å²) in [7, 11) is 0. The van der Waals surface area contributed by atoms with Crippen LogP contribution in [0.5, 0.6) is 0 Å². The fourth-order valence-corrected chi connectivity index (χ4v) is 2.81. The minimum absolute atomic E-state index is 0.00753. The summed E-state index contributed by atoms with van der Waals surface area (Å²) in [6.45, 7) is 6.83. The maximum atomic E-state index is 12.7. The number of nitrogens with zero attached hydrogens (tertiary/aromatic N) is 1. The molecule has 0 aliphatic heterocycles. The Morgan fingerprint density at radius 3 is 2.39 bits per heavy atom. The highest BCUT2D eigenvalue weighted by atomic mass is 19.4. The molecule has 0 bridgehead atoms. The largest absolute Gasteiger partial charge is 0.449 e. The van der Waals surface area contributed by atoms with E-state index < -0.39 is 30.7 Å². The van der Waals surface area contributed by atoms with Gasteiger partial charge in [0.25, 0.3) is 5.91 Å². The molecule has 2 aromatic rings. The van der Waals surface area contributed by atoms with Crippen molar-refractivity contribution in [3.8, 4) is 0 Å². The molecule has 5 nitrogen and oxygen atoms in total. The van der Waals surface area contributed by atoms with Gasteiger partial charge < -0.3 is 14.6 Å². The summed E-state index contributed by atoms with van der Waals surface area (Å²) in [5.41, 5.74) is 2.86. The third kappa shape index (κ3) is 5.15. The van der Waals surface area contributed by atoms with Crippen molar-refractivity contribution < 1.29 is 27.5 Å². The first-order valence-electron chi connectivity index (χ1n) is 8.71. The first-order valence-corrected chi connectivity index (χ1v) is 8.71. The Labute approximate surface area is 161 Å². The SMILES string of the molecule is Cc1ccc(C)c(NC(=O)C(C)OC(=O)c2cc(C)n(CC(F)(F)F)c2C)c1. The minimum atomic E-state index is -4.41. The zero-order chi connectivity index (χ0) is 21.2. The molecule has 1 unspecified atom stereocenters. The van der Waals surface area contributed by atoms with Crippen LogP contribution in [0.15, 0.2) is 24.3 Å². The van der Waals surface area contributed by atoms with E-state index in [1.807, 2.05) is 26.0 Å². The average molecular weight is 396 g/mol. The van der Waals surface area contributed by atoms with E-state index in [1.165, 1.54) is 26.8 Å². The van der Waals surface area contributed by atoms with Gasteiger partial charge in [0.2, 0.25) is 0 Å². The van der Waals surface area contributed by atoms with Crippen LogP contribution in [0.25, 0.3) is 0 Å². The number of amides is 1. The van der Waals surface area contributed by atoms with E-state index in [4.69, 9.17) is 4.74 Å². The molecule has 152 valence electrons. The Kier molecular flexibility index (Phi) is 6.21. The number of nitrogens with one attached hydrogen (secondary N) is 1. The number of hydrogen-bond donors (Lipinski definition) is 1. The van der Waals surface area contributed by atoms with E-state index in [0.29, 0.717) is 5.69 Å². The van der Waals surface area contributed by atoms with Crippen LogP contribution < -0.4 is 5.32 Å². The topological polar surface area (TPSA) is 60.3 Å². The zero-order valence-electron chi connectivity index (χ0n) is 16.4. The number of ether oxygens (including phenoxy) is 1. The van der Waals surface area contributed by atoms with E-state index >= 15 is 0 Å². The molecule has 8 heteroatoms. The number of halogens is 3. The molecule has 2 rings (SSSR count). The van der Waals surface area contributed by atoms with Gasteiger partial charge in [0.05, 0.1) is 5.56 Å². The Bertz CT molecular complexity index is 901. The Morgan fingerprint density at radius 1 is 1.14 bits per heavy atom. The second-order valence-corrected chi connectivity index (χ2v) is 6.84. The summed E-state index contributed by atoms with van der Waals surface area (Å²) in [4.78, 5) is 24.7. The van der Waals surface area contributed by atoms with Gasteiger partial charge in [-0.25, -0.2) is 4.79 Å². The number of anilines is 1. The molecule has 1 heterocycles. The molecular formula is C20H23F3N2O3. The first-order chi connectivity index (χ1) is 12.9. The fraction of sp³-hybridized carbons (Fsp3) is 0.400. The summed E-state index contributed by atoms with van der Waals surface area (Å²) < 4.78 is 44.3. The number of aryl methyl sites for hydroxylation is 3. The quantitative estimate of drug-likeness (QED) is 0.759. The second kappa shape index (κ2) is 8.08. The van der Waals surface area contributed by atoms with E-state index in [0.717, 1.165) is 15.7 Å². The van der Waals surface area contributed by atoms with Crippen LogP contribution in [0.2, 0.25) is 0 Å². The number of alkyl halides is 3. The van der Waals surface area contributed by atoms with Crippen LogP contribution in [-0.4, -0.2) is 28.7 Å². The number of carbonyl (C=O) groups is 2. The summed E-state index contributed by atoms with van der Waals surface area (Å²) in [6.07, 6.45) is -5.52. The molecule has 1 aromatic carbocycles. The summed E-state index contributed by atoms with van der Waals surface area (Å²) in [5.74, 6) is -1.36. The van der Waals surface area contributed by atoms with Crippen LogP contribution >= 0.6 is 0 Å². The van der Waals surface area contributed by atoms with Crippen molar-refractivity contribution in [3.05, 3.63) is 52.3 Å². The fourth-order valence-electron chi connectivity index (χ4n) is 2.81. The van der Waals surface area contributed by atoms with Crippen molar-refractivity contribution in [1.29, 1.82) is 0 Å². The predicted molar refractivity (Wildman–Crippen MR) is 99.4 cm³/mol. The lowest BCUT2D eigenvalue weighted by atomic mass is 10.1. The molecule has 0 spiro atoms. The lowest BCUT2D eigenvalue weighted by Gasteiger charge is -2.15. The number of esters is 1. The van der Waals surface area contributed by atoms with Gasteiger partial charge in [-0.05, 0) is 57.9 Å². The summed E-state index contributed by atoms with van der Waals surface area (Å²) in [5, 5.41) is 2.70. The standard InChI is InChI=1S/C20H23F3N2O3/c1-11-6-7-12(2)17(8-11)24-18(26)15(5)28-19(27)16-9-13(3)25(14(16)4)10-20(21,22)23/h6-9,15H,10H2,1-5H3,(H,24,26). The molecule has 0 fully saturated rings. The number of benzene rings is 1. The maximum absolute atomic E-state index is 12.7. The van der Waals surface area contributed by atoms with Crippen molar-refractivity contribution in [2.45, 2.75) is 53.4 Å². The van der Waals surface area contributed by atoms with Gasteiger partial charge in [-0.15, -0.1) is 0 Å². The van der Waals surface area contributed by atoms with Crippen LogP contribution in [0, 0.1) is 27.7 Å². The minimum Gasteiger partial charge on any atom is -0.449 e. The van der Waals surface area contributed by atoms with Crippen molar-refractivity contribution in [2.75, 3.05) is 5.32 Å². The van der Waals surface area contributed by atoms with E-state index in [2.05, 4.69) is 5.32 Å². The molecule has 1 amide bonds. The zero-order valence-corrected chi connectivity index (χ0v) is 16.4. The third-order valence-electron chi connectivity index (χ3n) is 4.43. The normalized spacial score (nSPS) is 12.6. The average Bonchev–Trinajstić information content (AvgIpc) is 2.84. The van der Waals surface area contributed by atoms with Crippen LogP contribution in [0.1, 0.15) is 39.8 Å². The molecule has 1 aromatic heterocycles. The monoisotopic (exact) mass is 396 g/mol. The van der Waals surface area contributed by atoms with Crippen LogP contribution in [0.4, 0.5) is 18.9 Å². The lowest BCUT2D eigenvalue weighted by molar-refractivity contribution is -0.141. The van der Waals surface area contributed by atoms with Gasteiger partial charge in [-0.1, -0.05) is 12.1 Å². The van der Waals surface area contributed by atoms with Crippen molar-refractivity contribution >= 4 is 17.6 Å². The third-order valence-corrected chi connectivity index (χ3v) is 4.43. The van der Waals surface area contributed by atoms with Gasteiger partial charge in [0.1, 0.15) is 6.54 Å². The number of carbonyl (C=O) groups excluding carboxylic acids is 2. The molecule has 1 N–H and O–H groups in total. The van der Waals surface area contributed by atoms with E-state index in [1.54, 1.807) is 6.07 Å². The molecule has 0 aliphatic carbocycles. The molecule has 28 heavy (non-hydrogen) atoms. The van der Waals surface area contributed by atoms with Crippen LogP contribution in [-0.2, 0) is 16.1 Å². The van der Waals surface area contributed by atoms with Gasteiger partial charge >= 0.3 is 12.1 Å². The molecular weight excluding hydrogens is 373 g/mol. The van der Waals surface area contributed by atoms with Gasteiger partial charge in [0.15, 0.2) is 6.10 Å². The van der Waals surface area contributed by atoms with Crippen molar-refractivity contribution in [1.82, 2.24) is 4.57 Å². The van der Waals surface area contributed by atoms with E-state index in [9.17, 15) is 22.8 Å². The number of aromatic nitrogens is 1. The Hall–Kier alpha value is -2.77. The second-order valence-electron chi connectivity index (χ2n) is 6.84. The molecule has 0 saturated carbocycles. The molecule has 0 radical (unpaired) electrons. The van der Waals surface area contributed by atoms with E-state index in [-0.39, 0.29) is 17.0 Å². The summed E-state index contributed by atoms with van der Waals surface area (Å²) >= 11 is 0. The van der Waals surface area contributed by atoms with Gasteiger partial charge in [-0.2, -0.15) is 13.2 Å². The Balaban J connectivity index is 2.11. The maximum Gasteiger partial charge on any atom is 0.406 e. The van der Waals surface area contributed by atoms with Crippen molar-refractivity contribution in [2.24, 2.45) is 0 Å². The molecule has 0 aliphatic rings.